The van der Waals surface area contributed by atoms with E-state index in [2.05, 4.69) is 20.8 Å². The van der Waals surface area contributed by atoms with Crippen LogP contribution in [0.1, 0.15) is 23.2 Å². The molecule has 3 rings (SSSR count). The van der Waals surface area contributed by atoms with Crippen molar-refractivity contribution in [3.8, 4) is 0 Å². The molecule has 0 aliphatic heterocycles. The predicted molar refractivity (Wildman–Crippen MR) is 86.2 cm³/mol. The lowest BCUT2D eigenvalue weighted by atomic mass is 10.2. The summed E-state index contributed by atoms with van der Waals surface area (Å²) in [4.78, 5) is 23.6. The normalized spacial score (nSPS) is 13.6. The highest BCUT2D eigenvalue weighted by Crippen LogP contribution is 2.29. The van der Waals surface area contributed by atoms with Crippen LogP contribution in [0.2, 0.25) is 0 Å². The molecule has 114 valence electrons. The van der Waals surface area contributed by atoms with E-state index in [1.165, 1.54) is 35.9 Å². The van der Waals surface area contributed by atoms with E-state index in [9.17, 15) is 9.59 Å². The van der Waals surface area contributed by atoms with Gasteiger partial charge in [0, 0.05) is 11.6 Å². The second-order valence-corrected chi connectivity index (χ2v) is 7.02. The van der Waals surface area contributed by atoms with Crippen molar-refractivity contribution in [2.75, 3.05) is 11.1 Å². The lowest BCUT2D eigenvalue weighted by Crippen LogP contribution is -2.31. The van der Waals surface area contributed by atoms with Gasteiger partial charge in [-0.15, -0.1) is 10.2 Å². The Hall–Kier alpha value is -1.93. The molecule has 0 saturated heterocycles. The van der Waals surface area contributed by atoms with Crippen molar-refractivity contribution in [3.05, 3.63) is 35.9 Å². The van der Waals surface area contributed by atoms with E-state index < -0.39 is 0 Å². The summed E-state index contributed by atoms with van der Waals surface area (Å²) < 4.78 is 0.713. The van der Waals surface area contributed by atoms with Crippen LogP contribution in [0.15, 0.2) is 34.7 Å². The molecule has 1 saturated carbocycles. The van der Waals surface area contributed by atoms with Crippen LogP contribution in [0.25, 0.3) is 0 Å². The Morgan fingerprint density at radius 2 is 2.00 bits per heavy atom. The SMILES string of the molecule is O=C(CSc1nnc(NC2CC2)s1)NC(=O)c1ccccc1. The molecule has 1 aromatic heterocycles. The topological polar surface area (TPSA) is 84.0 Å². The van der Waals surface area contributed by atoms with Gasteiger partial charge in [-0.3, -0.25) is 14.9 Å². The van der Waals surface area contributed by atoms with Crippen molar-refractivity contribution in [2.45, 2.75) is 23.2 Å². The first kappa shape index (κ1) is 15.0. The Balaban J connectivity index is 1.45. The summed E-state index contributed by atoms with van der Waals surface area (Å²) in [7, 11) is 0. The third-order valence-electron chi connectivity index (χ3n) is 2.93. The molecule has 22 heavy (non-hydrogen) atoms. The summed E-state index contributed by atoms with van der Waals surface area (Å²) in [6, 6.07) is 9.18. The molecule has 0 spiro atoms. The van der Waals surface area contributed by atoms with Gasteiger partial charge in [0.1, 0.15) is 0 Å². The molecule has 0 atom stereocenters. The van der Waals surface area contributed by atoms with Crippen LogP contribution in [0.4, 0.5) is 5.13 Å². The average Bonchev–Trinajstić information content (AvgIpc) is 3.23. The van der Waals surface area contributed by atoms with Crippen LogP contribution in [0, 0.1) is 0 Å². The molecular formula is C14H14N4O2S2. The third-order valence-corrected chi connectivity index (χ3v) is 4.91. The molecule has 0 bridgehead atoms. The number of hydrogen-bond acceptors (Lipinski definition) is 7. The number of amides is 2. The molecule has 6 nitrogen and oxygen atoms in total. The number of hydrogen-bond donors (Lipinski definition) is 2. The zero-order valence-corrected chi connectivity index (χ0v) is 13.2. The molecule has 2 amide bonds. The molecular weight excluding hydrogens is 320 g/mol. The Morgan fingerprint density at radius 1 is 1.23 bits per heavy atom. The number of carbonyl (C=O) groups excluding carboxylic acids is 2. The summed E-state index contributed by atoms with van der Waals surface area (Å²) in [5.74, 6) is -0.596. The smallest absolute Gasteiger partial charge is 0.257 e. The van der Waals surface area contributed by atoms with E-state index in [-0.39, 0.29) is 17.6 Å². The Morgan fingerprint density at radius 3 is 2.73 bits per heavy atom. The maximum absolute atomic E-state index is 11.8. The molecule has 2 N–H and O–H groups in total. The number of imide groups is 1. The Kier molecular flexibility index (Phi) is 4.69. The first-order valence-electron chi connectivity index (χ1n) is 6.83. The number of carbonyl (C=O) groups is 2. The highest BCUT2D eigenvalue weighted by molar-refractivity contribution is 8.01. The maximum Gasteiger partial charge on any atom is 0.257 e. The van der Waals surface area contributed by atoms with Crippen LogP contribution in [-0.4, -0.2) is 33.8 Å². The second-order valence-electron chi connectivity index (χ2n) is 4.82. The van der Waals surface area contributed by atoms with Gasteiger partial charge in [0.2, 0.25) is 11.0 Å². The molecule has 1 heterocycles. The van der Waals surface area contributed by atoms with Crippen molar-refractivity contribution < 1.29 is 9.59 Å². The molecule has 8 heteroatoms. The van der Waals surface area contributed by atoms with Gasteiger partial charge in [0.25, 0.3) is 5.91 Å². The van der Waals surface area contributed by atoms with E-state index in [1.807, 2.05) is 6.07 Å². The number of benzene rings is 1. The van der Waals surface area contributed by atoms with Crippen LogP contribution in [0.5, 0.6) is 0 Å². The lowest BCUT2D eigenvalue weighted by Gasteiger charge is -2.02. The van der Waals surface area contributed by atoms with Gasteiger partial charge in [-0.05, 0) is 25.0 Å². The van der Waals surface area contributed by atoms with Crippen molar-refractivity contribution in [2.24, 2.45) is 0 Å². The Bertz CT molecular complexity index is 670. The largest absolute Gasteiger partial charge is 0.357 e. The molecule has 0 unspecified atom stereocenters. The summed E-state index contributed by atoms with van der Waals surface area (Å²) in [6.07, 6.45) is 2.35. The second kappa shape index (κ2) is 6.89. The summed E-state index contributed by atoms with van der Waals surface area (Å²) in [5.41, 5.74) is 0.465. The monoisotopic (exact) mass is 334 g/mol. The number of aromatic nitrogens is 2. The van der Waals surface area contributed by atoms with Gasteiger partial charge in [-0.1, -0.05) is 41.3 Å². The van der Waals surface area contributed by atoms with Gasteiger partial charge >= 0.3 is 0 Å². The van der Waals surface area contributed by atoms with Crippen molar-refractivity contribution in [1.82, 2.24) is 15.5 Å². The van der Waals surface area contributed by atoms with Crippen molar-refractivity contribution in [3.63, 3.8) is 0 Å². The highest BCUT2D eigenvalue weighted by Gasteiger charge is 2.22. The fourth-order valence-corrected chi connectivity index (χ4v) is 3.31. The molecule has 1 aromatic carbocycles. The predicted octanol–water partition coefficient (Wildman–Crippen LogP) is 2.16. The van der Waals surface area contributed by atoms with E-state index >= 15 is 0 Å². The minimum Gasteiger partial charge on any atom is -0.357 e. The number of nitrogens with one attached hydrogen (secondary N) is 2. The standard InChI is InChI=1S/C14H14N4O2S2/c19-11(16-12(20)9-4-2-1-3-5-9)8-21-14-18-17-13(22-14)15-10-6-7-10/h1-5,10H,6-8H2,(H,15,17)(H,16,19,20). The molecule has 1 aliphatic carbocycles. The van der Waals surface area contributed by atoms with Crippen LogP contribution < -0.4 is 10.6 Å². The van der Waals surface area contributed by atoms with Gasteiger partial charge < -0.3 is 5.32 Å². The Labute approximate surface area is 135 Å². The molecule has 1 fully saturated rings. The third kappa shape index (κ3) is 4.28. The van der Waals surface area contributed by atoms with E-state index in [0.29, 0.717) is 15.9 Å². The van der Waals surface area contributed by atoms with E-state index in [1.54, 1.807) is 24.3 Å². The lowest BCUT2D eigenvalue weighted by molar-refractivity contribution is -0.117. The number of thioether (sulfide) groups is 1. The summed E-state index contributed by atoms with van der Waals surface area (Å²) in [6.45, 7) is 0. The van der Waals surface area contributed by atoms with Gasteiger partial charge in [-0.25, -0.2) is 0 Å². The summed E-state index contributed by atoms with van der Waals surface area (Å²) in [5, 5.41) is 14.4. The van der Waals surface area contributed by atoms with Crippen LogP contribution >= 0.6 is 23.1 Å². The van der Waals surface area contributed by atoms with Crippen molar-refractivity contribution in [1.29, 1.82) is 0 Å². The number of rotatable bonds is 6. The zero-order chi connectivity index (χ0) is 15.4. The summed E-state index contributed by atoms with van der Waals surface area (Å²) >= 11 is 2.70. The first-order valence-corrected chi connectivity index (χ1v) is 8.63. The van der Waals surface area contributed by atoms with E-state index in [0.717, 1.165) is 5.13 Å². The molecule has 0 radical (unpaired) electrons. The zero-order valence-electron chi connectivity index (χ0n) is 11.6. The highest BCUT2D eigenvalue weighted by atomic mass is 32.2. The van der Waals surface area contributed by atoms with E-state index in [4.69, 9.17) is 0 Å². The average molecular weight is 334 g/mol. The quantitative estimate of drug-likeness (QED) is 0.788. The maximum atomic E-state index is 11.8. The minimum absolute atomic E-state index is 0.136. The molecule has 2 aromatic rings. The fourth-order valence-electron chi connectivity index (χ4n) is 1.68. The van der Waals surface area contributed by atoms with Crippen molar-refractivity contribution >= 4 is 40.0 Å². The van der Waals surface area contributed by atoms with Gasteiger partial charge in [0.15, 0.2) is 4.34 Å². The minimum atomic E-state index is -0.389. The molecule has 1 aliphatic rings. The van der Waals surface area contributed by atoms with Crippen LogP contribution in [0.3, 0.4) is 0 Å². The first-order chi connectivity index (χ1) is 10.7. The fraction of sp³-hybridized carbons (Fsp3) is 0.286. The van der Waals surface area contributed by atoms with Crippen LogP contribution in [-0.2, 0) is 4.79 Å². The number of anilines is 1. The van der Waals surface area contributed by atoms with Gasteiger partial charge in [0.05, 0.1) is 5.75 Å². The van der Waals surface area contributed by atoms with Gasteiger partial charge in [-0.2, -0.15) is 0 Å². The number of nitrogens with zero attached hydrogens (tertiary/aromatic N) is 2.